The van der Waals surface area contributed by atoms with Gasteiger partial charge >= 0.3 is 5.97 Å². The molecule has 0 amide bonds. The topological polar surface area (TPSA) is 60.6 Å². The van der Waals surface area contributed by atoms with Crippen LogP contribution in [0, 0.1) is 0 Å². The maximum absolute atomic E-state index is 13.0. The number of aromatic nitrogens is 1. The van der Waals surface area contributed by atoms with Crippen molar-refractivity contribution in [2.75, 3.05) is 34.4 Å². The monoisotopic (exact) mass is 557 g/mol. The fourth-order valence-corrected chi connectivity index (χ4v) is 4.93. The number of aromatic amines is 1. The van der Waals surface area contributed by atoms with Crippen LogP contribution in [0.15, 0.2) is 85.1 Å². The molecule has 1 atom stereocenters. The summed E-state index contributed by atoms with van der Waals surface area (Å²) in [6.07, 6.45) is 9.09. The Kier molecular flexibility index (Phi) is 11.3. The van der Waals surface area contributed by atoms with Crippen molar-refractivity contribution in [1.29, 1.82) is 0 Å². The summed E-state index contributed by atoms with van der Waals surface area (Å²) in [4.78, 5) is 16.3. The Morgan fingerprint density at radius 3 is 2.05 bits per heavy atom. The lowest BCUT2D eigenvalue weighted by molar-refractivity contribution is -0.887. The van der Waals surface area contributed by atoms with E-state index in [2.05, 4.69) is 50.4 Å². The number of fused-ring (bicyclic) bond motifs is 1. The average molecular weight is 558 g/mol. The van der Waals surface area contributed by atoms with Crippen LogP contribution >= 0.6 is 0 Å². The van der Waals surface area contributed by atoms with Gasteiger partial charge in [0.15, 0.2) is 6.04 Å². The van der Waals surface area contributed by atoms with E-state index in [4.69, 9.17) is 14.2 Å². The normalized spacial score (nSPS) is 12.3. The molecule has 218 valence electrons. The maximum Gasteiger partial charge on any atom is 0.365 e. The van der Waals surface area contributed by atoms with Gasteiger partial charge in [0.25, 0.3) is 0 Å². The summed E-state index contributed by atoms with van der Waals surface area (Å²) in [5, 5.41) is 1.17. The third kappa shape index (κ3) is 9.68. The summed E-state index contributed by atoms with van der Waals surface area (Å²) in [7, 11) is 6.17. The zero-order valence-corrected chi connectivity index (χ0v) is 24.8. The van der Waals surface area contributed by atoms with E-state index in [0.717, 1.165) is 66.7 Å². The minimum atomic E-state index is -0.243. The highest BCUT2D eigenvalue weighted by atomic mass is 16.5. The lowest BCUT2D eigenvalue weighted by Gasteiger charge is -2.32. The minimum absolute atomic E-state index is 0.115. The Morgan fingerprint density at radius 1 is 0.732 bits per heavy atom. The molecule has 0 unspecified atom stereocenters. The number of carbonyl (C=O) groups excluding carboxylic acids is 1. The summed E-state index contributed by atoms with van der Waals surface area (Å²) in [6.45, 7) is 1.76. The molecule has 3 aromatic carbocycles. The first-order chi connectivity index (χ1) is 19.9. The van der Waals surface area contributed by atoms with Gasteiger partial charge in [-0.15, -0.1) is 0 Å². The molecule has 4 rings (SSSR count). The van der Waals surface area contributed by atoms with Gasteiger partial charge in [-0.25, -0.2) is 4.79 Å². The molecule has 41 heavy (non-hydrogen) atoms. The quantitative estimate of drug-likeness (QED) is 0.0839. The Hall–Kier alpha value is -3.77. The lowest BCUT2D eigenvalue weighted by Crippen LogP contribution is -2.51. The number of H-pyrrole nitrogens is 1. The fourth-order valence-electron chi connectivity index (χ4n) is 4.93. The van der Waals surface area contributed by atoms with Crippen LogP contribution in [0.4, 0.5) is 0 Å². The number of hydrogen-bond acceptors (Lipinski definition) is 4. The SMILES string of the molecule is C[N+](C)(C)[C@@H](Cc1c[nH]c2ccccc12)C(=O)OCCCCCCCCOc1ccc(OCc2ccccc2)cc1. The second-order valence-corrected chi connectivity index (χ2v) is 11.6. The molecule has 1 heterocycles. The second kappa shape index (κ2) is 15.3. The summed E-state index contributed by atoms with van der Waals surface area (Å²) in [6, 6.07) is 26.0. The van der Waals surface area contributed by atoms with Crippen LogP contribution < -0.4 is 9.47 Å². The molecule has 0 aliphatic carbocycles. The highest BCUT2D eigenvalue weighted by Gasteiger charge is 2.33. The van der Waals surface area contributed by atoms with E-state index in [-0.39, 0.29) is 12.0 Å². The molecule has 1 aromatic heterocycles. The van der Waals surface area contributed by atoms with Crippen molar-refractivity contribution < 1.29 is 23.5 Å². The van der Waals surface area contributed by atoms with Crippen molar-refractivity contribution in [3.63, 3.8) is 0 Å². The van der Waals surface area contributed by atoms with Gasteiger partial charge < -0.3 is 23.7 Å². The number of carbonyl (C=O) groups is 1. The summed E-state index contributed by atoms with van der Waals surface area (Å²) in [5.74, 6) is 1.60. The Balaban J connectivity index is 1.05. The van der Waals surface area contributed by atoms with Gasteiger partial charge in [-0.2, -0.15) is 0 Å². The molecule has 0 spiro atoms. The summed E-state index contributed by atoms with van der Waals surface area (Å²) >= 11 is 0. The van der Waals surface area contributed by atoms with E-state index in [1.165, 1.54) is 5.39 Å². The van der Waals surface area contributed by atoms with Gasteiger partial charge in [0.2, 0.25) is 0 Å². The molecule has 6 heteroatoms. The smallest absolute Gasteiger partial charge is 0.365 e. The highest BCUT2D eigenvalue weighted by molar-refractivity contribution is 5.84. The van der Waals surface area contributed by atoms with E-state index in [9.17, 15) is 4.79 Å². The number of nitrogens with zero attached hydrogens (tertiary/aromatic N) is 1. The van der Waals surface area contributed by atoms with Crippen LogP contribution in [-0.2, 0) is 22.6 Å². The number of quaternary nitrogens is 1. The van der Waals surface area contributed by atoms with Gasteiger partial charge in [-0.1, -0.05) is 74.2 Å². The number of ether oxygens (including phenoxy) is 3. The van der Waals surface area contributed by atoms with Crippen molar-refractivity contribution in [3.05, 3.63) is 96.2 Å². The highest BCUT2D eigenvalue weighted by Crippen LogP contribution is 2.22. The predicted octanol–water partition coefficient (Wildman–Crippen LogP) is 7.33. The van der Waals surface area contributed by atoms with Crippen molar-refractivity contribution in [2.24, 2.45) is 0 Å². The number of esters is 1. The van der Waals surface area contributed by atoms with Crippen LogP contribution in [-0.4, -0.2) is 55.8 Å². The Labute approximate surface area is 244 Å². The standard InChI is InChI=1S/C35H45N2O4/c1-37(2,3)34(25-29-26-36-33-18-12-11-17-32(29)33)35(38)40-24-14-7-5-4-6-13-23-39-30-19-21-31(22-20-30)41-27-28-15-9-8-10-16-28/h8-12,15-22,26,34,36H,4-7,13-14,23-25,27H2,1-3H3/q+1/t34-/m0/s1. The van der Waals surface area contributed by atoms with Gasteiger partial charge in [-0.05, 0) is 54.3 Å². The van der Waals surface area contributed by atoms with Crippen LogP contribution in [0.25, 0.3) is 10.9 Å². The van der Waals surface area contributed by atoms with E-state index in [1.54, 1.807) is 0 Å². The van der Waals surface area contributed by atoms with E-state index in [0.29, 0.717) is 30.7 Å². The molecule has 0 aliphatic rings. The van der Waals surface area contributed by atoms with Crippen molar-refractivity contribution in [1.82, 2.24) is 4.98 Å². The first-order valence-corrected chi connectivity index (χ1v) is 14.8. The molecule has 0 saturated heterocycles. The first kappa shape index (κ1) is 30.2. The number of nitrogens with one attached hydrogen (secondary N) is 1. The van der Waals surface area contributed by atoms with Crippen molar-refractivity contribution in [3.8, 4) is 11.5 Å². The molecular weight excluding hydrogens is 512 g/mol. The molecule has 4 aromatic rings. The predicted molar refractivity (Wildman–Crippen MR) is 165 cm³/mol. The lowest BCUT2D eigenvalue weighted by atomic mass is 10.0. The average Bonchev–Trinajstić information content (AvgIpc) is 3.39. The molecule has 6 nitrogen and oxygen atoms in total. The maximum atomic E-state index is 13.0. The number of benzene rings is 3. The second-order valence-electron chi connectivity index (χ2n) is 11.6. The number of unbranched alkanes of at least 4 members (excludes halogenated alkanes) is 5. The van der Waals surface area contributed by atoms with Gasteiger partial charge in [0, 0.05) is 23.5 Å². The van der Waals surface area contributed by atoms with Gasteiger partial charge in [0.05, 0.1) is 34.4 Å². The van der Waals surface area contributed by atoms with Crippen LogP contribution in [0.5, 0.6) is 11.5 Å². The number of likely N-dealkylation sites (N-methyl/N-ethyl adjacent to an activating group) is 1. The molecule has 1 N–H and O–H groups in total. The van der Waals surface area contributed by atoms with Crippen LogP contribution in [0.2, 0.25) is 0 Å². The molecule has 0 radical (unpaired) electrons. The van der Waals surface area contributed by atoms with Crippen LogP contribution in [0.1, 0.15) is 49.7 Å². The fraction of sp³-hybridized carbons (Fsp3) is 0.400. The first-order valence-electron chi connectivity index (χ1n) is 14.8. The number of hydrogen-bond donors (Lipinski definition) is 1. The third-order valence-corrected chi connectivity index (χ3v) is 7.42. The summed E-state index contributed by atoms with van der Waals surface area (Å²) < 4.78 is 18.0. The van der Waals surface area contributed by atoms with Crippen molar-refractivity contribution >= 4 is 16.9 Å². The van der Waals surface area contributed by atoms with Crippen molar-refractivity contribution in [2.45, 2.75) is 57.6 Å². The molecule has 0 aliphatic heterocycles. The van der Waals surface area contributed by atoms with Crippen LogP contribution in [0.3, 0.4) is 0 Å². The van der Waals surface area contributed by atoms with Gasteiger partial charge in [-0.3, -0.25) is 0 Å². The summed E-state index contributed by atoms with van der Waals surface area (Å²) in [5.41, 5.74) is 3.41. The number of para-hydroxylation sites is 1. The molecule has 0 saturated carbocycles. The third-order valence-electron chi connectivity index (χ3n) is 7.42. The molecular formula is C35H45N2O4+. The Bertz CT molecular complexity index is 1330. The van der Waals surface area contributed by atoms with E-state index in [1.807, 2.05) is 60.8 Å². The van der Waals surface area contributed by atoms with E-state index >= 15 is 0 Å². The number of rotatable bonds is 17. The largest absolute Gasteiger partial charge is 0.494 e. The Morgan fingerprint density at radius 2 is 1.34 bits per heavy atom. The van der Waals surface area contributed by atoms with E-state index < -0.39 is 0 Å². The zero-order chi connectivity index (χ0) is 28.9. The minimum Gasteiger partial charge on any atom is -0.494 e. The zero-order valence-electron chi connectivity index (χ0n) is 24.8. The van der Waals surface area contributed by atoms with Gasteiger partial charge in [0.1, 0.15) is 18.1 Å². The molecule has 0 bridgehead atoms. The molecule has 0 fully saturated rings.